The molecule has 0 bridgehead atoms. The molecule has 0 saturated carbocycles. The van der Waals surface area contributed by atoms with Crippen molar-refractivity contribution in [2.75, 3.05) is 31.1 Å². The molecule has 0 atom stereocenters. The third kappa shape index (κ3) is 3.47. The largest absolute Gasteiger partial charge is 0.353 e. The number of hydrogen-bond donors (Lipinski definition) is 0. The summed E-state index contributed by atoms with van der Waals surface area (Å²) < 4.78 is 1.82. The molecule has 2 aromatic heterocycles. The molecule has 29 heavy (non-hydrogen) atoms. The number of hydrogen-bond acceptors (Lipinski definition) is 5. The van der Waals surface area contributed by atoms with Gasteiger partial charge >= 0.3 is 0 Å². The van der Waals surface area contributed by atoms with Gasteiger partial charge < -0.3 is 4.90 Å². The van der Waals surface area contributed by atoms with E-state index in [1.54, 1.807) is 0 Å². The molecular weight excluding hydrogens is 360 g/mol. The summed E-state index contributed by atoms with van der Waals surface area (Å²) in [6, 6.07) is 25.9. The summed E-state index contributed by atoms with van der Waals surface area (Å²) >= 11 is 0. The molecule has 6 heteroatoms. The van der Waals surface area contributed by atoms with Crippen molar-refractivity contribution in [3.8, 4) is 0 Å². The van der Waals surface area contributed by atoms with Crippen LogP contribution >= 0.6 is 0 Å². The second kappa shape index (κ2) is 7.64. The quantitative estimate of drug-likeness (QED) is 0.540. The topological polar surface area (TPSA) is 49.6 Å². The number of rotatable bonds is 4. The van der Waals surface area contributed by atoms with Gasteiger partial charge in [-0.25, -0.2) is 0 Å². The molecule has 146 valence electrons. The Morgan fingerprint density at radius 1 is 0.724 bits per heavy atom. The maximum absolute atomic E-state index is 4.74. The Kier molecular flexibility index (Phi) is 4.69. The van der Waals surface area contributed by atoms with Gasteiger partial charge in [0.1, 0.15) is 5.82 Å². The number of nitrogens with zero attached hydrogens (tertiary/aromatic N) is 6. The summed E-state index contributed by atoms with van der Waals surface area (Å²) in [5.74, 6) is 1.80. The predicted molar refractivity (Wildman–Crippen MR) is 114 cm³/mol. The van der Waals surface area contributed by atoms with Crippen LogP contribution in [0.3, 0.4) is 0 Å². The molecule has 0 unspecified atom stereocenters. The Bertz CT molecular complexity index is 1040. The maximum atomic E-state index is 4.74. The second-order valence-corrected chi connectivity index (χ2v) is 7.46. The van der Waals surface area contributed by atoms with Gasteiger partial charge in [-0.2, -0.15) is 4.52 Å². The Labute approximate surface area is 170 Å². The van der Waals surface area contributed by atoms with Crippen LogP contribution in [0.15, 0.2) is 72.8 Å². The van der Waals surface area contributed by atoms with E-state index >= 15 is 0 Å². The third-order valence-electron chi connectivity index (χ3n) is 5.64. The minimum atomic E-state index is 0.273. The first-order chi connectivity index (χ1) is 14.3. The van der Waals surface area contributed by atoms with Crippen LogP contribution in [0, 0.1) is 6.92 Å². The summed E-state index contributed by atoms with van der Waals surface area (Å²) in [4.78, 5) is 4.92. The zero-order valence-corrected chi connectivity index (χ0v) is 16.5. The van der Waals surface area contributed by atoms with Gasteiger partial charge in [-0.3, -0.25) is 4.90 Å². The fourth-order valence-corrected chi connectivity index (χ4v) is 4.15. The minimum Gasteiger partial charge on any atom is -0.353 e. The maximum Gasteiger partial charge on any atom is 0.178 e. The predicted octanol–water partition coefficient (Wildman–Crippen LogP) is 3.34. The van der Waals surface area contributed by atoms with E-state index < -0.39 is 0 Å². The van der Waals surface area contributed by atoms with Gasteiger partial charge in [-0.15, -0.1) is 15.3 Å². The van der Waals surface area contributed by atoms with Gasteiger partial charge in [0.2, 0.25) is 0 Å². The normalized spacial score (nSPS) is 15.3. The highest BCUT2D eigenvalue weighted by Gasteiger charge is 2.27. The molecular formula is C23H24N6. The Morgan fingerprint density at radius 3 is 1.97 bits per heavy atom. The van der Waals surface area contributed by atoms with Crippen molar-refractivity contribution >= 4 is 11.5 Å². The highest BCUT2D eigenvalue weighted by atomic mass is 15.4. The first-order valence-electron chi connectivity index (χ1n) is 10.1. The molecule has 5 rings (SSSR count). The van der Waals surface area contributed by atoms with E-state index in [2.05, 4.69) is 80.7 Å². The third-order valence-corrected chi connectivity index (χ3v) is 5.64. The van der Waals surface area contributed by atoms with Crippen molar-refractivity contribution in [2.24, 2.45) is 0 Å². The highest BCUT2D eigenvalue weighted by molar-refractivity contribution is 5.46. The fourth-order valence-electron chi connectivity index (χ4n) is 4.15. The SMILES string of the molecule is Cc1nnc2ccc(N3CCN(C(c4ccccc4)c4ccccc4)CC3)nn12. The summed E-state index contributed by atoms with van der Waals surface area (Å²) in [6.45, 7) is 5.77. The van der Waals surface area contributed by atoms with E-state index in [-0.39, 0.29) is 6.04 Å². The van der Waals surface area contributed by atoms with E-state index in [1.165, 1.54) is 11.1 Å². The fraction of sp³-hybridized carbons (Fsp3) is 0.261. The standard InChI is InChI=1S/C23H24N6/c1-18-24-25-21-12-13-22(26-29(18)21)27-14-16-28(17-15-27)23(19-8-4-2-5-9-19)20-10-6-3-7-11-20/h2-13,23H,14-17H2,1H3. The van der Waals surface area contributed by atoms with Crippen molar-refractivity contribution in [3.63, 3.8) is 0 Å². The number of benzene rings is 2. The smallest absolute Gasteiger partial charge is 0.178 e. The van der Waals surface area contributed by atoms with Crippen molar-refractivity contribution < 1.29 is 0 Å². The molecule has 0 aliphatic carbocycles. The number of aromatic nitrogens is 4. The van der Waals surface area contributed by atoms with Crippen molar-refractivity contribution in [1.82, 2.24) is 24.7 Å². The van der Waals surface area contributed by atoms with E-state index in [0.717, 1.165) is 43.5 Å². The molecule has 0 spiro atoms. The summed E-state index contributed by atoms with van der Waals surface area (Å²) in [7, 11) is 0. The van der Waals surface area contributed by atoms with Crippen molar-refractivity contribution in [3.05, 3.63) is 89.7 Å². The molecule has 0 radical (unpaired) electrons. The van der Waals surface area contributed by atoms with E-state index in [1.807, 2.05) is 23.6 Å². The van der Waals surface area contributed by atoms with E-state index in [0.29, 0.717) is 0 Å². The molecule has 1 fully saturated rings. The minimum absolute atomic E-state index is 0.273. The molecule has 4 aromatic rings. The molecule has 0 amide bonds. The lowest BCUT2D eigenvalue weighted by Crippen LogP contribution is -2.48. The molecule has 6 nitrogen and oxygen atoms in total. The number of anilines is 1. The Hall–Kier alpha value is -3.25. The van der Waals surface area contributed by atoms with E-state index in [9.17, 15) is 0 Å². The molecule has 1 aliphatic heterocycles. The van der Waals surface area contributed by atoms with Crippen molar-refractivity contribution in [2.45, 2.75) is 13.0 Å². The molecule has 3 heterocycles. The van der Waals surface area contributed by atoms with Crippen LogP contribution in [0.5, 0.6) is 0 Å². The van der Waals surface area contributed by atoms with Crippen LogP contribution in [0.25, 0.3) is 5.65 Å². The lowest BCUT2D eigenvalue weighted by molar-refractivity contribution is 0.212. The second-order valence-electron chi connectivity index (χ2n) is 7.46. The van der Waals surface area contributed by atoms with Crippen LogP contribution in [0.4, 0.5) is 5.82 Å². The average molecular weight is 384 g/mol. The highest BCUT2D eigenvalue weighted by Crippen LogP contribution is 2.30. The van der Waals surface area contributed by atoms with Gasteiger partial charge in [0.15, 0.2) is 11.5 Å². The first kappa shape index (κ1) is 17.8. The Balaban J connectivity index is 1.38. The van der Waals surface area contributed by atoms with Crippen LogP contribution in [0.2, 0.25) is 0 Å². The van der Waals surface area contributed by atoms with Gasteiger partial charge in [0.25, 0.3) is 0 Å². The van der Waals surface area contributed by atoms with Gasteiger partial charge in [-0.1, -0.05) is 60.7 Å². The molecule has 2 aromatic carbocycles. The monoisotopic (exact) mass is 384 g/mol. The van der Waals surface area contributed by atoms with Crippen LogP contribution in [-0.4, -0.2) is 50.9 Å². The van der Waals surface area contributed by atoms with Gasteiger partial charge in [0.05, 0.1) is 6.04 Å². The number of aryl methyl sites for hydroxylation is 1. The molecule has 1 aliphatic rings. The van der Waals surface area contributed by atoms with Crippen LogP contribution in [0.1, 0.15) is 23.0 Å². The lowest BCUT2D eigenvalue weighted by atomic mass is 9.96. The lowest BCUT2D eigenvalue weighted by Gasteiger charge is -2.40. The van der Waals surface area contributed by atoms with Crippen molar-refractivity contribution in [1.29, 1.82) is 0 Å². The van der Waals surface area contributed by atoms with Crippen LogP contribution in [-0.2, 0) is 0 Å². The van der Waals surface area contributed by atoms with E-state index in [4.69, 9.17) is 5.10 Å². The number of piperazine rings is 1. The average Bonchev–Trinajstić information content (AvgIpc) is 3.16. The summed E-state index contributed by atoms with van der Waals surface area (Å²) in [5, 5.41) is 13.0. The zero-order chi connectivity index (χ0) is 19.6. The molecule has 0 N–H and O–H groups in total. The number of fused-ring (bicyclic) bond motifs is 1. The summed E-state index contributed by atoms with van der Waals surface area (Å²) in [6.07, 6.45) is 0. The summed E-state index contributed by atoms with van der Waals surface area (Å²) in [5.41, 5.74) is 3.47. The van der Waals surface area contributed by atoms with Gasteiger partial charge in [0, 0.05) is 26.2 Å². The van der Waals surface area contributed by atoms with Crippen LogP contribution < -0.4 is 4.90 Å². The zero-order valence-electron chi connectivity index (χ0n) is 16.5. The molecule has 1 saturated heterocycles. The Morgan fingerprint density at radius 2 is 1.34 bits per heavy atom. The first-order valence-corrected chi connectivity index (χ1v) is 10.1. The van der Waals surface area contributed by atoms with Gasteiger partial charge in [-0.05, 0) is 30.2 Å².